The Morgan fingerprint density at radius 1 is 1.19 bits per heavy atom. The molecule has 0 aliphatic rings. The van der Waals surface area contributed by atoms with Crippen LogP contribution in [0.25, 0.3) is 0 Å². The molecule has 112 valence electrons. The average Bonchev–Trinajstić information content (AvgIpc) is 2.51. The van der Waals surface area contributed by atoms with Crippen LogP contribution >= 0.6 is 0 Å². The van der Waals surface area contributed by atoms with Gasteiger partial charge in [0.1, 0.15) is 0 Å². The van der Waals surface area contributed by atoms with Crippen LogP contribution in [0.3, 0.4) is 0 Å². The molecule has 5 nitrogen and oxygen atoms in total. The normalized spacial score (nSPS) is 10.5. The van der Waals surface area contributed by atoms with Gasteiger partial charge in [0.2, 0.25) is 0 Å². The molecule has 0 saturated heterocycles. The van der Waals surface area contributed by atoms with Crippen LogP contribution in [0, 0.1) is 0 Å². The standard InChI is InChI=1S/C16H22N4O/c1-17-9-10-18-15-12-16(21)20(19-13-15)11-5-8-14-6-3-2-4-7-14/h2-4,6-7,12-13,17-18H,5,8-11H2,1H3. The molecule has 1 aromatic carbocycles. The van der Waals surface area contributed by atoms with Gasteiger partial charge in [0.25, 0.3) is 5.56 Å². The van der Waals surface area contributed by atoms with Crippen LogP contribution in [0.2, 0.25) is 0 Å². The van der Waals surface area contributed by atoms with Crippen LogP contribution in [0.15, 0.2) is 47.4 Å². The number of aromatic nitrogens is 2. The van der Waals surface area contributed by atoms with Gasteiger partial charge in [-0.1, -0.05) is 30.3 Å². The number of hydrogen-bond donors (Lipinski definition) is 2. The molecule has 2 rings (SSSR count). The molecule has 0 bridgehead atoms. The second-order valence-corrected chi connectivity index (χ2v) is 4.93. The van der Waals surface area contributed by atoms with Gasteiger partial charge < -0.3 is 10.6 Å². The van der Waals surface area contributed by atoms with Crippen molar-refractivity contribution in [1.29, 1.82) is 0 Å². The molecule has 1 heterocycles. The van der Waals surface area contributed by atoms with E-state index in [1.165, 1.54) is 10.2 Å². The van der Waals surface area contributed by atoms with E-state index in [0.717, 1.165) is 31.6 Å². The third-order valence-corrected chi connectivity index (χ3v) is 3.25. The SMILES string of the molecule is CNCCNc1cnn(CCCc2ccccc2)c(=O)c1. The Bertz CT molecular complexity index is 595. The first-order valence-electron chi connectivity index (χ1n) is 7.29. The van der Waals surface area contributed by atoms with E-state index in [1.54, 1.807) is 12.3 Å². The van der Waals surface area contributed by atoms with E-state index in [4.69, 9.17) is 0 Å². The van der Waals surface area contributed by atoms with Gasteiger partial charge in [0.05, 0.1) is 11.9 Å². The van der Waals surface area contributed by atoms with Gasteiger partial charge >= 0.3 is 0 Å². The third kappa shape index (κ3) is 5.04. The fourth-order valence-corrected chi connectivity index (χ4v) is 2.11. The number of rotatable bonds is 8. The van der Waals surface area contributed by atoms with E-state index >= 15 is 0 Å². The molecule has 21 heavy (non-hydrogen) atoms. The van der Waals surface area contributed by atoms with Crippen LogP contribution in [-0.4, -0.2) is 29.9 Å². The Kier molecular flexibility index (Phi) is 5.97. The Hall–Kier alpha value is -2.14. The van der Waals surface area contributed by atoms with Crippen molar-refractivity contribution in [3.63, 3.8) is 0 Å². The fourth-order valence-electron chi connectivity index (χ4n) is 2.11. The lowest BCUT2D eigenvalue weighted by Crippen LogP contribution is -2.24. The van der Waals surface area contributed by atoms with E-state index in [2.05, 4.69) is 27.9 Å². The molecule has 1 aromatic heterocycles. The molecule has 0 atom stereocenters. The van der Waals surface area contributed by atoms with Gasteiger partial charge in [-0.15, -0.1) is 0 Å². The summed E-state index contributed by atoms with van der Waals surface area (Å²) in [6, 6.07) is 11.9. The summed E-state index contributed by atoms with van der Waals surface area (Å²) in [6.07, 6.45) is 3.57. The summed E-state index contributed by atoms with van der Waals surface area (Å²) in [7, 11) is 1.89. The molecular weight excluding hydrogens is 264 g/mol. The van der Waals surface area contributed by atoms with Crippen molar-refractivity contribution in [2.24, 2.45) is 0 Å². The Labute approximate surface area is 125 Å². The van der Waals surface area contributed by atoms with Crippen molar-refractivity contribution in [1.82, 2.24) is 15.1 Å². The number of benzene rings is 1. The molecule has 0 aliphatic heterocycles. The molecule has 0 fully saturated rings. The molecule has 5 heteroatoms. The minimum atomic E-state index is -0.0579. The highest BCUT2D eigenvalue weighted by molar-refractivity contribution is 5.38. The van der Waals surface area contributed by atoms with E-state index in [1.807, 2.05) is 25.2 Å². The van der Waals surface area contributed by atoms with Crippen molar-refractivity contribution < 1.29 is 0 Å². The molecule has 0 unspecified atom stereocenters. The van der Waals surface area contributed by atoms with Crippen molar-refractivity contribution in [3.8, 4) is 0 Å². The fraction of sp³-hybridized carbons (Fsp3) is 0.375. The number of aryl methyl sites for hydroxylation is 2. The Morgan fingerprint density at radius 3 is 2.71 bits per heavy atom. The van der Waals surface area contributed by atoms with E-state index in [9.17, 15) is 4.79 Å². The molecule has 0 amide bonds. The Morgan fingerprint density at radius 2 is 2.00 bits per heavy atom. The zero-order valence-electron chi connectivity index (χ0n) is 12.4. The highest BCUT2D eigenvalue weighted by atomic mass is 16.1. The predicted octanol–water partition coefficient (Wildman–Crippen LogP) is 1.51. The zero-order chi connectivity index (χ0) is 14.9. The monoisotopic (exact) mass is 286 g/mol. The molecule has 2 N–H and O–H groups in total. The highest BCUT2D eigenvalue weighted by Crippen LogP contribution is 2.03. The Balaban J connectivity index is 1.85. The van der Waals surface area contributed by atoms with E-state index in [0.29, 0.717) is 6.54 Å². The van der Waals surface area contributed by atoms with Crippen molar-refractivity contribution in [2.45, 2.75) is 19.4 Å². The van der Waals surface area contributed by atoms with E-state index in [-0.39, 0.29) is 5.56 Å². The minimum absolute atomic E-state index is 0.0579. The van der Waals surface area contributed by atoms with Gasteiger partial charge in [0, 0.05) is 25.7 Å². The highest BCUT2D eigenvalue weighted by Gasteiger charge is 2.00. The van der Waals surface area contributed by atoms with Crippen LogP contribution in [0.1, 0.15) is 12.0 Å². The molecular formula is C16H22N4O. The quantitative estimate of drug-likeness (QED) is 0.722. The molecule has 2 aromatic rings. The van der Waals surface area contributed by atoms with Crippen LogP contribution in [0.5, 0.6) is 0 Å². The smallest absolute Gasteiger partial charge is 0.268 e. The topological polar surface area (TPSA) is 59.0 Å². The number of anilines is 1. The van der Waals surface area contributed by atoms with Crippen LogP contribution < -0.4 is 16.2 Å². The lowest BCUT2D eigenvalue weighted by Gasteiger charge is -2.08. The maximum atomic E-state index is 12.0. The largest absolute Gasteiger partial charge is 0.382 e. The minimum Gasteiger partial charge on any atom is -0.382 e. The van der Waals surface area contributed by atoms with Crippen LogP contribution in [-0.2, 0) is 13.0 Å². The van der Waals surface area contributed by atoms with Crippen molar-refractivity contribution in [2.75, 3.05) is 25.5 Å². The number of likely N-dealkylation sites (N-methyl/N-ethyl adjacent to an activating group) is 1. The maximum absolute atomic E-state index is 12.0. The summed E-state index contributed by atoms with van der Waals surface area (Å²) >= 11 is 0. The van der Waals surface area contributed by atoms with Gasteiger partial charge in [-0.3, -0.25) is 4.79 Å². The lowest BCUT2D eigenvalue weighted by atomic mass is 10.1. The van der Waals surface area contributed by atoms with Gasteiger partial charge in [-0.2, -0.15) is 5.10 Å². The third-order valence-electron chi connectivity index (χ3n) is 3.25. The zero-order valence-corrected chi connectivity index (χ0v) is 12.4. The second-order valence-electron chi connectivity index (χ2n) is 4.93. The summed E-state index contributed by atoms with van der Waals surface area (Å²) in [5, 5.41) is 10.4. The second kappa shape index (κ2) is 8.21. The van der Waals surface area contributed by atoms with Gasteiger partial charge in [-0.25, -0.2) is 4.68 Å². The summed E-state index contributed by atoms with van der Waals surface area (Å²) < 4.78 is 1.52. The van der Waals surface area contributed by atoms with Crippen LogP contribution in [0.4, 0.5) is 5.69 Å². The summed E-state index contributed by atoms with van der Waals surface area (Å²) in [6.45, 7) is 2.26. The summed E-state index contributed by atoms with van der Waals surface area (Å²) in [4.78, 5) is 12.0. The number of hydrogen-bond acceptors (Lipinski definition) is 4. The number of nitrogens with one attached hydrogen (secondary N) is 2. The molecule has 0 radical (unpaired) electrons. The van der Waals surface area contributed by atoms with Gasteiger partial charge in [0.15, 0.2) is 0 Å². The lowest BCUT2D eigenvalue weighted by molar-refractivity contribution is 0.549. The maximum Gasteiger partial charge on any atom is 0.268 e. The average molecular weight is 286 g/mol. The summed E-state index contributed by atoms with van der Waals surface area (Å²) in [5.74, 6) is 0. The van der Waals surface area contributed by atoms with Gasteiger partial charge in [-0.05, 0) is 25.5 Å². The molecule has 0 spiro atoms. The molecule has 0 aliphatic carbocycles. The molecule has 0 saturated carbocycles. The first-order valence-corrected chi connectivity index (χ1v) is 7.29. The van der Waals surface area contributed by atoms with E-state index < -0.39 is 0 Å². The predicted molar refractivity (Wildman–Crippen MR) is 85.7 cm³/mol. The summed E-state index contributed by atoms with van der Waals surface area (Å²) in [5.41, 5.74) is 2.00. The van der Waals surface area contributed by atoms with Crippen molar-refractivity contribution >= 4 is 5.69 Å². The number of nitrogens with zero attached hydrogens (tertiary/aromatic N) is 2. The van der Waals surface area contributed by atoms with Crippen molar-refractivity contribution in [3.05, 3.63) is 58.5 Å². The first-order chi connectivity index (χ1) is 10.3. The first kappa shape index (κ1) is 15.3.